The fraction of sp³-hybridized carbons (Fsp3) is 0.844. The molecule has 228 valence electrons. The summed E-state index contributed by atoms with van der Waals surface area (Å²) in [6.07, 6.45) is 28.8. The Morgan fingerprint density at radius 3 is 1.10 bits per heavy atom. The van der Waals surface area contributed by atoms with Gasteiger partial charge in [0.2, 0.25) is 0 Å². The predicted molar refractivity (Wildman–Crippen MR) is 159 cm³/mol. The Morgan fingerprint density at radius 2 is 0.769 bits per heavy atom. The summed E-state index contributed by atoms with van der Waals surface area (Å²) in [5.41, 5.74) is 0. The molecule has 0 aromatic rings. The second-order valence-electron chi connectivity index (χ2n) is 11.4. The first-order valence-electron chi connectivity index (χ1n) is 16.0. The van der Waals surface area contributed by atoms with Crippen LogP contribution in [0.4, 0.5) is 0 Å². The lowest BCUT2D eigenvalue weighted by atomic mass is 10.0. The third kappa shape index (κ3) is 26.1. The Morgan fingerprint density at radius 1 is 0.462 bits per heavy atom. The van der Waals surface area contributed by atoms with Gasteiger partial charge in [0.25, 0.3) is 0 Å². The van der Waals surface area contributed by atoms with Crippen LogP contribution in [0.3, 0.4) is 0 Å². The molecule has 0 aromatic heterocycles. The number of allylic oxidation sites excluding steroid dienone is 1. The molecule has 0 aromatic carbocycles. The van der Waals surface area contributed by atoms with E-state index in [0.29, 0.717) is 13.0 Å². The lowest BCUT2D eigenvalue weighted by Crippen LogP contribution is -2.52. The smallest absolute Gasteiger partial charge is 0.309 e. The van der Waals surface area contributed by atoms with E-state index in [-0.39, 0.29) is 43.4 Å². The van der Waals surface area contributed by atoms with Gasteiger partial charge >= 0.3 is 17.9 Å². The number of rotatable bonds is 30. The molecule has 0 aliphatic rings. The average molecular weight is 555 g/mol. The monoisotopic (exact) mass is 554 g/mol. The van der Waals surface area contributed by atoms with Crippen LogP contribution in [-0.2, 0) is 14.4 Å². The van der Waals surface area contributed by atoms with Crippen LogP contribution in [0.5, 0.6) is 0 Å². The highest BCUT2D eigenvalue weighted by atomic mass is 16.4. The number of quaternary nitrogens is 1. The molecule has 0 rings (SSSR count). The number of carbonyl (C=O) groups is 3. The number of carboxylic acids is 3. The molecule has 0 bridgehead atoms. The van der Waals surface area contributed by atoms with Crippen LogP contribution in [0.1, 0.15) is 148 Å². The summed E-state index contributed by atoms with van der Waals surface area (Å²) in [5.74, 6) is -2.84. The Kier molecular flexibility index (Phi) is 25.1. The van der Waals surface area contributed by atoms with E-state index in [2.05, 4.69) is 19.1 Å². The molecule has 0 aliphatic carbocycles. The summed E-state index contributed by atoms with van der Waals surface area (Å²) >= 11 is 0. The normalized spacial score (nSPS) is 11.8. The molecule has 0 fully saturated rings. The van der Waals surface area contributed by atoms with Crippen LogP contribution in [0.2, 0.25) is 0 Å². The van der Waals surface area contributed by atoms with E-state index in [1.807, 2.05) is 0 Å². The van der Waals surface area contributed by atoms with Crippen molar-refractivity contribution in [1.82, 2.24) is 0 Å². The molecule has 7 heteroatoms. The van der Waals surface area contributed by atoms with Gasteiger partial charge in [-0.2, -0.15) is 0 Å². The maximum absolute atomic E-state index is 11.1. The molecule has 0 spiro atoms. The summed E-state index contributed by atoms with van der Waals surface area (Å²) < 4.78 is 0.217. The molecular weight excluding hydrogens is 494 g/mol. The Bertz CT molecular complexity index is 603. The van der Waals surface area contributed by atoms with Crippen LogP contribution in [0, 0.1) is 0 Å². The third-order valence-corrected chi connectivity index (χ3v) is 7.81. The van der Waals surface area contributed by atoms with Gasteiger partial charge in [0, 0.05) is 6.42 Å². The molecule has 7 nitrogen and oxygen atoms in total. The van der Waals surface area contributed by atoms with Crippen molar-refractivity contribution < 1.29 is 34.2 Å². The fourth-order valence-corrected chi connectivity index (χ4v) is 5.24. The Labute approximate surface area is 238 Å². The first-order chi connectivity index (χ1) is 18.8. The molecule has 0 unspecified atom stereocenters. The number of unbranched alkanes of at least 4 members (excludes halogenated alkanes) is 17. The van der Waals surface area contributed by atoms with Gasteiger partial charge in [-0.05, 0) is 12.8 Å². The van der Waals surface area contributed by atoms with Gasteiger partial charge in [-0.1, -0.05) is 122 Å². The zero-order chi connectivity index (χ0) is 29.0. The van der Waals surface area contributed by atoms with Crippen molar-refractivity contribution in [2.24, 2.45) is 0 Å². The number of hydrogen-bond acceptors (Lipinski definition) is 3. The summed E-state index contributed by atoms with van der Waals surface area (Å²) in [6.45, 7) is 3.59. The van der Waals surface area contributed by atoms with Crippen molar-refractivity contribution in [2.45, 2.75) is 148 Å². The molecule has 3 N–H and O–H groups in total. The van der Waals surface area contributed by atoms with Crippen LogP contribution >= 0.6 is 0 Å². The lowest BCUT2D eigenvalue weighted by molar-refractivity contribution is -0.926. The van der Waals surface area contributed by atoms with E-state index < -0.39 is 17.9 Å². The second-order valence-corrected chi connectivity index (χ2v) is 11.4. The summed E-state index contributed by atoms with van der Waals surface area (Å²) in [5, 5.41) is 27.4. The van der Waals surface area contributed by atoms with Crippen LogP contribution < -0.4 is 0 Å². The van der Waals surface area contributed by atoms with Gasteiger partial charge < -0.3 is 19.8 Å². The first-order valence-corrected chi connectivity index (χ1v) is 16.0. The molecule has 39 heavy (non-hydrogen) atoms. The maximum atomic E-state index is 11.1. The Balaban J connectivity index is 3.91. The zero-order valence-corrected chi connectivity index (χ0v) is 25.1. The quantitative estimate of drug-likeness (QED) is 0.0468. The second kappa shape index (κ2) is 26.3. The predicted octanol–water partition coefficient (Wildman–Crippen LogP) is 8.22. The fourth-order valence-electron chi connectivity index (χ4n) is 5.24. The molecule has 0 radical (unpaired) electrons. The van der Waals surface area contributed by atoms with Gasteiger partial charge in [-0.3, -0.25) is 14.4 Å². The number of nitrogens with zero attached hydrogens (tertiary/aromatic N) is 1. The number of carboxylic acid groups (broad SMARTS) is 3. The molecule has 0 saturated carbocycles. The van der Waals surface area contributed by atoms with E-state index in [4.69, 9.17) is 15.3 Å². The maximum Gasteiger partial charge on any atom is 0.309 e. The van der Waals surface area contributed by atoms with Crippen LogP contribution in [0.25, 0.3) is 0 Å². The molecule has 0 atom stereocenters. The van der Waals surface area contributed by atoms with Gasteiger partial charge in [0.1, 0.15) is 0 Å². The van der Waals surface area contributed by atoms with E-state index in [0.717, 1.165) is 12.8 Å². The van der Waals surface area contributed by atoms with Gasteiger partial charge in [-0.25, -0.2) is 0 Å². The summed E-state index contributed by atoms with van der Waals surface area (Å²) in [7, 11) is 0. The van der Waals surface area contributed by atoms with E-state index in [1.54, 1.807) is 0 Å². The van der Waals surface area contributed by atoms with Crippen LogP contribution in [0.15, 0.2) is 12.2 Å². The van der Waals surface area contributed by atoms with Crippen molar-refractivity contribution in [3.63, 3.8) is 0 Å². The Hall–Kier alpha value is -1.89. The van der Waals surface area contributed by atoms with Crippen molar-refractivity contribution in [3.8, 4) is 0 Å². The summed E-state index contributed by atoms with van der Waals surface area (Å²) in [6, 6.07) is 0. The number of aliphatic carboxylic acids is 3. The molecule has 0 heterocycles. The molecule has 0 aliphatic heterocycles. The van der Waals surface area contributed by atoms with Crippen LogP contribution in [-0.4, -0.2) is 63.9 Å². The SMILES string of the molecule is CCCCCCCCCCCCCCCCCCC/C=C/CC[N+](CCC(=O)O)(CCC(=O)O)CCC(=O)O. The molecule has 0 amide bonds. The minimum absolute atomic E-state index is 0.0950. The van der Waals surface area contributed by atoms with Crippen molar-refractivity contribution in [3.05, 3.63) is 12.2 Å². The van der Waals surface area contributed by atoms with Gasteiger partial charge in [-0.15, -0.1) is 0 Å². The van der Waals surface area contributed by atoms with E-state index in [1.165, 1.54) is 103 Å². The van der Waals surface area contributed by atoms with Crippen molar-refractivity contribution in [2.75, 3.05) is 26.2 Å². The average Bonchev–Trinajstić information content (AvgIpc) is 2.90. The van der Waals surface area contributed by atoms with Crippen molar-refractivity contribution >= 4 is 17.9 Å². The third-order valence-electron chi connectivity index (χ3n) is 7.81. The largest absolute Gasteiger partial charge is 0.481 e. The standard InChI is InChI=1S/C32H59NO6/c1-2-3-4-5-6-7-8-9-10-11-12-13-14-15-16-17-18-19-20-21-22-26-33(27-23-30(34)35,28-24-31(36)37)29-25-32(38)39/h20-21H,2-19,22-29H2,1H3,(H2-,34,35,36,37,38,39)/p+1/b21-20+. The molecule has 0 saturated heterocycles. The van der Waals surface area contributed by atoms with Crippen molar-refractivity contribution in [1.29, 1.82) is 0 Å². The van der Waals surface area contributed by atoms with Gasteiger partial charge in [0.15, 0.2) is 0 Å². The number of hydrogen-bond donors (Lipinski definition) is 3. The highest BCUT2D eigenvalue weighted by Crippen LogP contribution is 2.16. The van der Waals surface area contributed by atoms with Gasteiger partial charge in [0.05, 0.1) is 45.4 Å². The minimum atomic E-state index is -0.947. The van der Waals surface area contributed by atoms with E-state index >= 15 is 0 Å². The minimum Gasteiger partial charge on any atom is -0.481 e. The summed E-state index contributed by atoms with van der Waals surface area (Å²) in [4.78, 5) is 33.4. The van der Waals surface area contributed by atoms with E-state index in [9.17, 15) is 14.4 Å². The first kappa shape index (κ1) is 37.1. The highest BCUT2D eigenvalue weighted by Gasteiger charge is 2.29. The molecular formula is C32H60NO6+. The highest BCUT2D eigenvalue weighted by molar-refractivity contribution is 5.67. The topological polar surface area (TPSA) is 112 Å². The lowest BCUT2D eigenvalue weighted by Gasteiger charge is -2.37. The zero-order valence-electron chi connectivity index (χ0n) is 25.1.